The molecule has 5 rings (SSSR count). The Morgan fingerprint density at radius 1 is 0.897 bits per heavy atom. The average Bonchev–Trinajstić information content (AvgIpc) is 3.20. The molecule has 0 amide bonds. The molecule has 2 aliphatic heterocycles. The van der Waals surface area contributed by atoms with Crippen molar-refractivity contribution in [2.75, 3.05) is 0 Å². The Balaban J connectivity index is 1.60. The van der Waals surface area contributed by atoms with Crippen LogP contribution in [0.1, 0.15) is 35.4 Å². The van der Waals surface area contributed by atoms with Gasteiger partial charge in [-0.3, -0.25) is 0 Å². The van der Waals surface area contributed by atoms with Crippen molar-refractivity contribution in [1.82, 2.24) is 5.01 Å². The van der Waals surface area contributed by atoms with Gasteiger partial charge in [-0.25, -0.2) is 5.01 Å². The fourth-order valence-corrected chi connectivity index (χ4v) is 3.93. The van der Waals surface area contributed by atoms with Gasteiger partial charge in [0.15, 0.2) is 0 Å². The number of halogens is 2. The molecule has 0 aliphatic carbocycles. The van der Waals surface area contributed by atoms with Crippen molar-refractivity contribution in [3.8, 4) is 11.5 Å². The van der Waals surface area contributed by atoms with Crippen LogP contribution in [0.4, 0.5) is 8.78 Å². The van der Waals surface area contributed by atoms with E-state index in [-0.39, 0.29) is 11.8 Å². The summed E-state index contributed by atoms with van der Waals surface area (Å²) < 4.78 is 36.9. The maximum Gasteiger partial charge on any atom is 0.387 e. The molecule has 2 aliphatic rings. The maximum atomic E-state index is 13.0. The van der Waals surface area contributed by atoms with E-state index in [1.165, 1.54) is 6.07 Å². The second-order valence-electron chi connectivity index (χ2n) is 6.94. The minimum atomic E-state index is -2.91. The number of hydrogen-bond acceptors (Lipinski definition) is 4. The highest BCUT2D eigenvalue weighted by molar-refractivity contribution is 6.01. The van der Waals surface area contributed by atoms with Gasteiger partial charge < -0.3 is 9.47 Å². The van der Waals surface area contributed by atoms with Crippen LogP contribution in [0.5, 0.6) is 11.5 Å². The molecule has 0 spiro atoms. The molecular weight excluding hydrogens is 374 g/mol. The van der Waals surface area contributed by atoms with Gasteiger partial charge in [0.1, 0.15) is 11.5 Å². The molecule has 6 heteroatoms. The van der Waals surface area contributed by atoms with E-state index in [0.717, 1.165) is 22.6 Å². The summed E-state index contributed by atoms with van der Waals surface area (Å²) in [4.78, 5) is 0. The summed E-state index contributed by atoms with van der Waals surface area (Å²) in [5, 5.41) is 6.70. The van der Waals surface area contributed by atoms with Crippen LogP contribution < -0.4 is 9.47 Å². The van der Waals surface area contributed by atoms with Gasteiger partial charge in [-0.15, -0.1) is 0 Å². The number of ether oxygens (including phenoxy) is 2. The number of hydrogen-bond donors (Lipinski definition) is 0. The molecule has 2 heterocycles. The van der Waals surface area contributed by atoms with Gasteiger partial charge in [0.2, 0.25) is 6.23 Å². The third-order valence-corrected chi connectivity index (χ3v) is 5.21. The van der Waals surface area contributed by atoms with Crippen molar-refractivity contribution in [2.24, 2.45) is 5.10 Å². The highest BCUT2D eigenvalue weighted by Crippen LogP contribution is 2.48. The lowest BCUT2D eigenvalue weighted by atomic mass is 9.96. The first kappa shape index (κ1) is 17.7. The molecule has 3 aromatic rings. The zero-order valence-electron chi connectivity index (χ0n) is 15.4. The first-order valence-electron chi connectivity index (χ1n) is 9.41. The van der Waals surface area contributed by atoms with E-state index >= 15 is 0 Å². The highest BCUT2D eigenvalue weighted by Gasteiger charge is 2.41. The molecule has 2 atom stereocenters. The van der Waals surface area contributed by atoms with Crippen molar-refractivity contribution in [1.29, 1.82) is 0 Å². The monoisotopic (exact) mass is 392 g/mol. The Labute approximate surface area is 167 Å². The molecule has 0 unspecified atom stereocenters. The number of fused-ring (bicyclic) bond motifs is 3. The number of hydrazone groups is 1. The van der Waals surface area contributed by atoms with Crippen LogP contribution in [-0.4, -0.2) is 17.3 Å². The van der Waals surface area contributed by atoms with Gasteiger partial charge in [-0.05, 0) is 23.8 Å². The Hall–Kier alpha value is -3.41. The normalized spacial score (nSPS) is 20.0. The largest absolute Gasteiger partial charge is 0.464 e. The summed E-state index contributed by atoms with van der Waals surface area (Å²) in [7, 11) is 0. The Morgan fingerprint density at radius 2 is 1.59 bits per heavy atom. The molecule has 0 aromatic heterocycles. The van der Waals surface area contributed by atoms with E-state index in [0.29, 0.717) is 12.0 Å². The van der Waals surface area contributed by atoms with Crippen molar-refractivity contribution in [2.45, 2.75) is 25.3 Å². The zero-order chi connectivity index (χ0) is 19.8. The van der Waals surface area contributed by atoms with Crippen LogP contribution in [0.2, 0.25) is 0 Å². The molecule has 0 saturated heterocycles. The van der Waals surface area contributed by atoms with Crippen LogP contribution in [0.15, 0.2) is 84.0 Å². The summed E-state index contributed by atoms with van der Waals surface area (Å²) in [5.41, 5.74) is 3.53. The highest BCUT2D eigenvalue weighted by atomic mass is 19.3. The number of benzene rings is 3. The Bertz CT molecular complexity index is 1060. The third-order valence-electron chi connectivity index (χ3n) is 5.21. The average molecular weight is 392 g/mol. The SMILES string of the molecule is FC(F)Oc1ccccc1[C@H]1Oc2ccccc2[C@H]2CC(c3ccccc3)=NN21. The fraction of sp³-hybridized carbons (Fsp3) is 0.174. The van der Waals surface area contributed by atoms with E-state index in [1.807, 2.05) is 59.6 Å². The smallest absolute Gasteiger partial charge is 0.387 e. The standard InChI is InChI=1S/C23H18F2N2O2/c24-23(25)29-21-13-7-5-11-17(21)22-27-19(16-10-4-6-12-20(16)28-22)14-18(26-27)15-8-2-1-3-9-15/h1-13,19,22-23H,14H2/t19-,22-/m1/s1. The summed E-state index contributed by atoms with van der Waals surface area (Å²) in [5.74, 6) is 0.823. The molecule has 29 heavy (non-hydrogen) atoms. The fourth-order valence-electron chi connectivity index (χ4n) is 3.93. The lowest BCUT2D eigenvalue weighted by molar-refractivity contribution is -0.0578. The molecule has 0 bridgehead atoms. The van der Waals surface area contributed by atoms with E-state index in [1.54, 1.807) is 18.2 Å². The van der Waals surface area contributed by atoms with Gasteiger partial charge in [-0.2, -0.15) is 13.9 Å². The summed E-state index contributed by atoms with van der Waals surface area (Å²) in [6.45, 7) is -2.91. The van der Waals surface area contributed by atoms with Gasteiger partial charge in [0, 0.05) is 12.0 Å². The summed E-state index contributed by atoms with van der Waals surface area (Å²) in [6.07, 6.45) is 0.0460. The van der Waals surface area contributed by atoms with Crippen LogP contribution >= 0.6 is 0 Å². The quantitative estimate of drug-likeness (QED) is 0.585. The van der Waals surface area contributed by atoms with Crippen LogP contribution in [0, 0.1) is 0 Å². The lowest BCUT2D eigenvalue weighted by Gasteiger charge is -2.38. The zero-order valence-corrected chi connectivity index (χ0v) is 15.4. The molecule has 4 nitrogen and oxygen atoms in total. The molecular formula is C23H18F2N2O2. The first-order chi connectivity index (χ1) is 14.2. The van der Waals surface area contributed by atoms with E-state index in [9.17, 15) is 8.78 Å². The van der Waals surface area contributed by atoms with E-state index in [2.05, 4.69) is 0 Å². The number of para-hydroxylation sites is 2. The molecule has 3 aromatic carbocycles. The molecule has 146 valence electrons. The number of nitrogens with zero attached hydrogens (tertiary/aromatic N) is 2. The second kappa shape index (κ2) is 7.20. The third kappa shape index (κ3) is 3.20. The van der Waals surface area contributed by atoms with Crippen molar-refractivity contribution in [3.63, 3.8) is 0 Å². The van der Waals surface area contributed by atoms with E-state index in [4.69, 9.17) is 14.6 Å². The minimum Gasteiger partial charge on any atom is -0.464 e. The number of alkyl halides is 2. The topological polar surface area (TPSA) is 34.1 Å². The van der Waals surface area contributed by atoms with Crippen LogP contribution in [0.25, 0.3) is 0 Å². The van der Waals surface area contributed by atoms with Crippen LogP contribution in [0.3, 0.4) is 0 Å². The Kier molecular flexibility index (Phi) is 4.39. The minimum absolute atomic E-state index is 0.0419. The van der Waals surface area contributed by atoms with Crippen molar-refractivity contribution < 1.29 is 18.3 Å². The summed E-state index contributed by atoms with van der Waals surface area (Å²) >= 11 is 0. The van der Waals surface area contributed by atoms with Crippen LogP contribution in [-0.2, 0) is 0 Å². The Morgan fingerprint density at radius 3 is 2.38 bits per heavy atom. The molecule has 0 fully saturated rings. The van der Waals surface area contributed by atoms with Crippen molar-refractivity contribution in [3.05, 3.63) is 95.6 Å². The summed E-state index contributed by atoms with van der Waals surface area (Å²) in [6, 6.07) is 24.4. The van der Waals surface area contributed by atoms with Gasteiger partial charge in [0.25, 0.3) is 0 Å². The number of rotatable bonds is 4. The van der Waals surface area contributed by atoms with E-state index < -0.39 is 12.8 Å². The molecule has 0 N–H and O–H groups in total. The molecule has 0 radical (unpaired) electrons. The van der Waals surface area contributed by atoms with Crippen molar-refractivity contribution >= 4 is 5.71 Å². The predicted molar refractivity (Wildman–Crippen MR) is 105 cm³/mol. The lowest BCUT2D eigenvalue weighted by Crippen LogP contribution is -2.34. The van der Waals surface area contributed by atoms with Gasteiger partial charge in [0.05, 0.1) is 17.3 Å². The van der Waals surface area contributed by atoms with Gasteiger partial charge in [-0.1, -0.05) is 60.7 Å². The predicted octanol–water partition coefficient (Wildman–Crippen LogP) is 5.53. The second-order valence-corrected chi connectivity index (χ2v) is 6.94. The molecule has 0 saturated carbocycles. The van der Waals surface area contributed by atoms with Gasteiger partial charge >= 0.3 is 6.61 Å². The maximum absolute atomic E-state index is 13.0. The first-order valence-corrected chi connectivity index (χ1v) is 9.41.